The molecule has 1 atom stereocenters. The summed E-state index contributed by atoms with van der Waals surface area (Å²) < 4.78 is 15.7. The molecule has 0 heterocycles. The lowest BCUT2D eigenvalue weighted by atomic mass is 9.97. The molecule has 1 amide bonds. The van der Waals surface area contributed by atoms with Crippen LogP contribution in [0.15, 0.2) is 0 Å². The fourth-order valence-electron chi connectivity index (χ4n) is 1.60. The summed E-state index contributed by atoms with van der Waals surface area (Å²) in [6.45, 7) is 7.57. The Balaban J connectivity index is 3.61. The molecule has 0 bridgehead atoms. The number of hydrogen-bond donors (Lipinski definition) is 2. The Hall–Kier alpha value is -0.690. The molecule has 6 nitrogen and oxygen atoms in total. The lowest BCUT2D eigenvalue weighted by Crippen LogP contribution is -2.54. The number of nitrogens with one attached hydrogen (secondary N) is 1. The van der Waals surface area contributed by atoms with E-state index in [9.17, 15) is 4.79 Å². The number of carbonyl (C=O) groups excluding carboxylic acids is 1. The van der Waals surface area contributed by atoms with Crippen molar-refractivity contribution in [1.29, 1.82) is 0 Å². The predicted molar refractivity (Wildman–Crippen MR) is 78.6 cm³/mol. The smallest absolute Gasteiger partial charge is 0.237 e. The van der Waals surface area contributed by atoms with Crippen LogP contribution in [0.1, 0.15) is 33.1 Å². The van der Waals surface area contributed by atoms with E-state index in [0.29, 0.717) is 39.5 Å². The summed E-state index contributed by atoms with van der Waals surface area (Å²) in [5.41, 5.74) is 4.73. The summed E-state index contributed by atoms with van der Waals surface area (Å²) in [5.74, 6) is -0.342. The molecule has 0 aromatic rings. The number of ether oxygens (including phenoxy) is 3. The number of methoxy groups -OCH3 is 1. The topological polar surface area (TPSA) is 82.8 Å². The van der Waals surface area contributed by atoms with Crippen LogP contribution in [-0.2, 0) is 19.0 Å². The van der Waals surface area contributed by atoms with E-state index in [1.807, 2.05) is 13.8 Å². The fourth-order valence-corrected chi connectivity index (χ4v) is 1.60. The Morgan fingerprint density at radius 1 is 1.15 bits per heavy atom. The second-order valence-electron chi connectivity index (χ2n) is 4.94. The summed E-state index contributed by atoms with van der Waals surface area (Å²) in [7, 11) is 1.67. The van der Waals surface area contributed by atoms with Gasteiger partial charge in [0.25, 0.3) is 0 Å². The van der Waals surface area contributed by atoms with Gasteiger partial charge in [-0.25, -0.2) is 0 Å². The highest BCUT2D eigenvalue weighted by Crippen LogP contribution is 2.09. The molecule has 0 radical (unpaired) electrons. The molecule has 0 fully saturated rings. The van der Waals surface area contributed by atoms with E-state index in [4.69, 9.17) is 19.9 Å². The summed E-state index contributed by atoms with van der Waals surface area (Å²) in [4.78, 5) is 11.5. The standard InChI is InChI=1S/C14H30N2O4/c1-4-7-16-14(2,13(15)17)6-10-20-12-11-19-9-5-8-18-3/h16H,4-12H2,1-3H3,(H2,15,17). The zero-order valence-electron chi connectivity index (χ0n) is 13.1. The summed E-state index contributed by atoms with van der Waals surface area (Å²) in [5, 5.41) is 3.17. The van der Waals surface area contributed by atoms with Gasteiger partial charge in [-0.2, -0.15) is 0 Å². The van der Waals surface area contributed by atoms with Gasteiger partial charge < -0.3 is 25.3 Å². The number of nitrogens with two attached hydrogens (primary N) is 1. The number of carbonyl (C=O) groups is 1. The highest BCUT2D eigenvalue weighted by molar-refractivity contribution is 5.84. The molecule has 0 aliphatic heterocycles. The van der Waals surface area contributed by atoms with E-state index >= 15 is 0 Å². The monoisotopic (exact) mass is 290 g/mol. The van der Waals surface area contributed by atoms with Crippen molar-refractivity contribution in [3.8, 4) is 0 Å². The van der Waals surface area contributed by atoms with E-state index in [1.165, 1.54) is 0 Å². The quantitative estimate of drug-likeness (QED) is 0.460. The van der Waals surface area contributed by atoms with Crippen molar-refractivity contribution in [2.75, 3.05) is 46.7 Å². The highest BCUT2D eigenvalue weighted by atomic mass is 16.5. The maximum absolute atomic E-state index is 11.5. The molecule has 0 rings (SSSR count). The minimum Gasteiger partial charge on any atom is -0.385 e. The lowest BCUT2D eigenvalue weighted by Gasteiger charge is -2.27. The Labute approximate surface area is 122 Å². The van der Waals surface area contributed by atoms with Crippen molar-refractivity contribution in [3.63, 3.8) is 0 Å². The van der Waals surface area contributed by atoms with Gasteiger partial charge in [0.05, 0.1) is 18.8 Å². The van der Waals surface area contributed by atoms with E-state index in [2.05, 4.69) is 5.32 Å². The minimum absolute atomic E-state index is 0.342. The molecule has 0 spiro atoms. The molecule has 0 saturated carbocycles. The average Bonchev–Trinajstić information content (AvgIpc) is 2.43. The van der Waals surface area contributed by atoms with Crippen molar-refractivity contribution in [1.82, 2.24) is 5.32 Å². The Morgan fingerprint density at radius 3 is 2.35 bits per heavy atom. The van der Waals surface area contributed by atoms with Crippen LogP contribution < -0.4 is 11.1 Å². The van der Waals surface area contributed by atoms with Crippen LogP contribution in [0.5, 0.6) is 0 Å². The fraction of sp³-hybridized carbons (Fsp3) is 0.929. The largest absolute Gasteiger partial charge is 0.385 e. The summed E-state index contributed by atoms with van der Waals surface area (Å²) >= 11 is 0. The number of rotatable bonds is 14. The van der Waals surface area contributed by atoms with Crippen LogP contribution in [0.2, 0.25) is 0 Å². The first-order valence-corrected chi connectivity index (χ1v) is 7.26. The third-order valence-corrected chi connectivity index (χ3v) is 3.06. The van der Waals surface area contributed by atoms with Gasteiger partial charge in [0.1, 0.15) is 0 Å². The molecule has 0 saturated heterocycles. The first-order chi connectivity index (χ1) is 9.56. The Morgan fingerprint density at radius 2 is 1.80 bits per heavy atom. The van der Waals surface area contributed by atoms with E-state index in [-0.39, 0.29) is 5.91 Å². The zero-order chi connectivity index (χ0) is 15.3. The van der Waals surface area contributed by atoms with Crippen molar-refractivity contribution < 1.29 is 19.0 Å². The van der Waals surface area contributed by atoms with Gasteiger partial charge in [-0.05, 0) is 32.7 Å². The zero-order valence-corrected chi connectivity index (χ0v) is 13.1. The Kier molecular flexibility index (Phi) is 11.7. The third-order valence-electron chi connectivity index (χ3n) is 3.06. The van der Waals surface area contributed by atoms with Crippen LogP contribution in [0.25, 0.3) is 0 Å². The number of amides is 1. The Bertz CT molecular complexity index is 251. The molecule has 3 N–H and O–H groups in total. The van der Waals surface area contributed by atoms with E-state index in [1.54, 1.807) is 7.11 Å². The molecule has 0 aliphatic rings. The highest BCUT2D eigenvalue weighted by Gasteiger charge is 2.29. The second kappa shape index (κ2) is 12.1. The van der Waals surface area contributed by atoms with Crippen molar-refractivity contribution in [3.05, 3.63) is 0 Å². The molecule has 20 heavy (non-hydrogen) atoms. The van der Waals surface area contributed by atoms with Gasteiger partial charge in [-0.3, -0.25) is 4.79 Å². The molecule has 120 valence electrons. The molecule has 1 unspecified atom stereocenters. The van der Waals surface area contributed by atoms with Gasteiger partial charge in [-0.15, -0.1) is 0 Å². The first-order valence-electron chi connectivity index (χ1n) is 7.26. The van der Waals surface area contributed by atoms with Crippen molar-refractivity contribution in [2.45, 2.75) is 38.6 Å². The van der Waals surface area contributed by atoms with Crippen molar-refractivity contribution in [2.24, 2.45) is 5.73 Å². The maximum atomic E-state index is 11.5. The van der Waals surface area contributed by atoms with Gasteiger partial charge >= 0.3 is 0 Å². The summed E-state index contributed by atoms with van der Waals surface area (Å²) in [6.07, 6.45) is 2.40. The second-order valence-corrected chi connectivity index (χ2v) is 4.94. The third kappa shape index (κ3) is 9.25. The maximum Gasteiger partial charge on any atom is 0.237 e. The van der Waals surface area contributed by atoms with Crippen molar-refractivity contribution >= 4 is 5.91 Å². The first kappa shape index (κ1) is 19.3. The van der Waals surface area contributed by atoms with E-state index < -0.39 is 5.54 Å². The molecule has 0 aliphatic carbocycles. The molecular formula is C14H30N2O4. The predicted octanol–water partition coefficient (Wildman–Crippen LogP) is 0.690. The average molecular weight is 290 g/mol. The number of hydrogen-bond acceptors (Lipinski definition) is 5. The van der Waals surface area contributed by atoms with Crippen LogP contribution in [-0.4, -0.2) is 58.1 Å². The van der Waals surface area contributed by atoms with Gasteiger partial charge in [-0.1, -0.05) is 6.92 Å². The molecule has 0 aromatic carbocycles. The summed E-state index contributed by atoms with van der Waals surface area (Å²) in [6, 6.07) is 0. The van der Waals surface area contributed by atoms with E-state index in [0.717, 1.165) is 19.4 Å². The number of primary amides is 1. The van der Waals surface area contributed by atoms with Gasteiger partial charge in [0.15, 0.2) is 0 Å². The van der Waals surface area contributed by atoms with Crippen LogP contribution >= 0.6 is 0 Å². The van der Waals surface area contributed by atoms with Gasteiger partial charge in [0, 0.05) is 26.9 Å². The normalized spacial score (nSPS) is 14.2. The van der Waals surface area contributed by atoms with Gasteiger partial charge in [0.2, 0.25) is 5.91 Å². The molecule has 6 heteroatoms. The minimum atomic E-state index is -0.699. The van der Waals surface area contributed by atoms with Crippen LogP contribution in [0.3, 0.4) is 0 Å². The lowest BCUT2D eigenvalue weighted by molar-refractivity contribution is -0.124. The molecule has 0 aromatic heterocycles. The van der Waals surface area contributed by atoms with Crippen LogP contribution in [0, 0.1) is 0 Å². The SMILES string of the molecule is CCCNC(C)(CCOCCOCCCOC)C(N)=O. The van der Waals surface area contributed by atoms with Crippen LogP contribution in [0.4, 0.5) is 0 Å². The molecular weight excluding hydrogens is 260 g/mol.